The van der Waals surface area contributed by atoms with Crippen molar-refractivity contribution in [1.82, 2.24) is 5.32 Å². The van der Waals surface area contributed by atoms with Crippen molar-refractivity contribution >= 4 is 52.1 Å². The lowest BCUT2D eigenvalue weighted by Crippen LogP contribution is -2.34. The molecule has 3 N–H and O–H groups in total. The zero-order chi connectivity index (χ0) is 21.5. The van der Waals surface area contributed by atoms with Crippen LogP contribution in [-0.2, 0) is 0 Å². The molecule has 0 saturated carbocycles. The number of carbonyl (C=O) groups is 2. The lowest BCUT2D eigenvalue weighted by Gasteiger charge is -2.11. The van der Waals surface area contributed by atoms with E-state index < -0.39 is 5.91 Å². The highest BCUT2D eigenvalue weighted by Gasteiger charge is 2.12. The van der Waals surface area contributed by atoms with E-state index >= 15 is 0 Å². The minimum Gasteiger partial charge on any atom is -0.492 e. The van der Waals surface area contributed by atoms with Crippen molar-refractivity contribution in [3.63, 3.8) is 0 Å². The predicted molar refractivity (Wildman–Crippen MR) is 119 cm³/mol. The maximum Gasteiger partial charge on any atom is 0.291 e. The molecule has 0 atom stereocenters. The molecule has 30 heavy (non-hydrogen) atoms. The van der Waals surface area contributed by atoms with Crippen molar-refractivity contribution in [3.8, 4) is 5.75 Å². The van der Waals surface area contributed by atoms with Crippen LogP contribution in [0.25, 0.3) is 0 Å². The first-order valence-electron chi connectivity index (χ1n) is 8.96. The van der Waals surface area contributed by atoms with Crippen LogP contribution in [0.2, 0.25) is 5.02 Å². The first-order valence-corrected chi connectivity index (χ1v) is 9.74. The summed E-state index contributed by atoms with van der Waals surface area (Å²) in [4.78, 5) is 24.3. The molecule has 0 radical (unpaired) electrons. The van der Waals surface area contributed by atoms with Crippen molar-refractivity contribution in [2.45, 2.75) is 6.92 Å². The molecular formula is C21H18ClN3O4S. The Hall–Kier alpha value is -3.36. The molecule has 0 aliphatic carbocycles. The van der Waals surface area contributed by atoms with Gasteiger partial charge in [0.15, 0.2) is 10.9 Å². The van der Waals surface area contributed by atoms with Crippen molar-refractivity contribution in [2.75, 3.05) is 17.2 Å². The van der Waals surface area contributed by atoms with Gasteiger partial charge in [0.25, 0.3) is 11.8 Å². The number of halogens is 1. The second-order valence-electron chi connectivity index (χ2n) is 6.00. The van der Waals surface area contributed by atoms with Crippen LogP contribution in [0.3, 0.4) is 0 Å². The van der Waals surface area contributed by atoms with Gasteiger partial charge in [-0.1, -0.05) is 11.6 Å². The first-order chi connectivity index (χ1) is 14.5. The molecule has 1 heterocycles. The number of hydrogen-bond donors (Lipinski definition) is 3. The minimum absolute atomic E-state index is 0.123. The number of nitrogens with one attached hydrogen (secondary N) is 3. The molecule has 0 spiro atoms. The summed E-state index contributed by atoms with van der Waals surface area (Å²) in [6.45, 7) is 2.32. The fraction of sp³-hybridized carbons (Fsp3) is 0.0952. The molecule has 2 amide bonds. The van der Waals surface area contributed by atoms with E-state index in [1.54, 1.807) is 48.5 Å². The lowest BCUT2D eigenvalue weighted by molar-refractivity contribution is 0.0975. The molecule has 0 aliphatic rings. The number of ether oxygens (including phenoxy) is 1. The van der Waals surface area contributed by atoms with Crippen molar-refractivity contribution in [3.05, 3.63) is 77.2 Å². The summed E-state index contributed by atoms with van der Waals surface area (Å²) < 4.78 is 10.4. The van der Waals surface area contributed by atoms with Crippen LogP contribution < -0.4 is 20.7 Å². The normalized spacial score (nSPS) is 10.2. The Bertz CT molecular complexity index is 1050. The SMILES string of the molecule is CCOc1ccc(C(=O)NC(=S)Nc2ccc(NC(=O)c3ccco3)cc2)cc1Cl. The molecule has 154 valence electrons. The van der Waals surface area contributed by atoms with Gasteiger partial charge in [-0.2, -0.15) is 0 Å². The summed E-state index contributed by atoms with van der Waals surface area (Å²) in [6.07, 6.45) is 1.43. The zero-order valence-electron chi connectivity index (χ0n) is 15.9. The van der Waals surface area contributed by atoms with Gasteiger partial charge < -0.3 is 19.8 Å². The smallest absolute Gasteiger partial charge is 0.291 e. The van der Waals surface area contributed by atoms with Gasteiger partial charge in [-0.05, 0) is 73.7 Å². The van der Waals surface area contributed by atoms with E-state index in [2.05, 4.69) is 16.0 Å². The van der Waals surface area contributed by atoms with Crippen LogP contribution in [0.4, 0.5) is 11.4 Å². The Morgan fingerprint density at radius 1 is 1.03 bits per heavy atom. The Morgan fingerprint density at radius 2 is 1.73 bits per heavy atom. The number of rotatable bonds is 6. The summed E-state index contributed by atoms with van der Waals surface area (Å²) in [5.41, 5.74) is 1.57. The van der Waals surface area contributed by atoms with Crippen LogP contribution in [-0.4, -0.2) is 23.5 Å². The summed E-state index contributed by atoms with van der Waals surface area (Å²) in [7, 11) is 0. The molecule has 7 nitrogen and oxygen atoms in total. The highest BCUT2D eigenvalue weighted by atomic mass is 35.5. The number of furan rings is 1. The van der Waals surface area contributed by atoms with Gasteiger partial charge in [-0.25, -0.2) is 0 Å². The number of hydrogen-bond acceptors (Lipinski definition) is 5. The summed E-state index contributed by atoms with van der Waals surface area (Å²) in [5.74, 6) is -0.0246. The molecule has 0 saturated heterocycles. The van der Waals surface area contributed by atoms with Crippen molar-refractivity contribution < 1.29 is 18.7 Å². The Labute approximate surface area is 183 Å². The second kappa shape index (κ2) is 9.91. The largest absolute Gasteiger partial charge is 0.492 e. The molecule has 0 fully saturated rings. The quantitative estimate of drug-likeness (QED) is 0.478. The molecule has 3 aromatic rings. The van der Waals surface area contributed by atoms with Gasteiger partial charge in [0.1, 0.15) is 5.75 Å². The maximum atomic E-state index is 12.4. The molecule has 1 aromatic heterocycles. The molecule has 0 bridgehead atoms. The maximum absolute atomic E-state index is 12.4. The number of anilines is 2. The number of carbonyl (C=O) groups excluding carboxylic acids is 2. The Kier molecular flexibility index (Phi) is 7.05. The van der Waals surface area contributed by atoms with Gasteiger partial charge >= 0.3 is 0 Å². The van der Waals surface area contributed by atoms with Gasteiger partial charge in [0.05, 0.1) is 17.9 Å². The van der Waals surface area contributed by atoms with Gasteiger partial charge in [-0.15, -0.1) is 0 Å². The monoisotopic (exact) mass is 443 g/mol. The minimum atomic E-state index is -0.403. The highest BCUT2D eigenvalue weighted by Crippen LogP contribution is 2.25. The van der Waals surface area contributed by atoms with Crippen molar-refractivity contribution in [2.24, 2.45) is 0 Å². The second-order valence-corrected chi connectivity index (χ2v) is 6.81. The molecule has 2 aromatic carbocycles. The summed E-state index contributed by atoms with van der Waals surface area (Å²) in [5, 5.41) is 8.67. The van der Waals surface area contributed by atoms with Crippen LogP contribution in [0.5, 0.6) is 5.75 Å². The first kappa shape index (κ1) is 21.4. The van der Waals surface area contributed by atoms with Gasteiger partial charge in [-0.3, -0.25) is 14.9 Å². The third-order valence-electron chi connectivity index (χ3n) is 3.87. The van der Waals surface area contributed by atoms with E-state index in [9.17, 15) is 9.59 Å². The van der Waals surface area contributed by atoms with E-state index in [1.165, 1.54) is 12.3 Å². The summed E-state index contributed by atoms with van der Waals surface area (Å²) in [6, 6.07) is 14.8. The standard InChI is InChI=1S/C21H18ClN3O4S/c1-2-28-17-10-5-13(12-16(17)22)19(26)25-21(30)24-15-8-6-14(7-9-15)23-20(27)18-4-3-11-29-18/h3-12H,2H2,1H3,(H,23,27)(H2,24,25,26,30). The van der Waals surface area contributed by atoms with E-state index in [0.29, 0.717) is 34.3 Å². The van der Waals surface area contributed by atoms with E-state index in [-0.39, 0.29) is 16.8 Å². The van der Waals surface area contributed by atoms with Gasteiger partial charge in [0, 0.05) is 16.9 Å². The average Bonchev–Trinajstić information content (AvgIpc) is 3.26. The molecule has 0 aliphatic heterocycles. The highest BCUT2D eigenvalue weighted by molar-refractivity contribution is 7.80. The van der Waals surface area contributed by atoms with Crippen LogP contribution >= 0.6 is 23.8 Å². The van der Waals surface area contributed by atoms with E-state index in [0.717, 1.165) is 0 Å². The van der Waals surface area contributed by atoms with Crippen LogP contribution in [0, 0.1) is 0 Å². The molecule has 3 rings (SSSR count). The third kappa shape index (κ3) is 5.59. The van der Waals surface area contributed by atoms with E-state index in [1.807, 2.05) is 6.92 Å². The van der Waals surface area contributed by atoms with Crippen molar-refractivity contribution in [1.29, 1.82) is 0 Å². The molecule has 0 unspecified atom stereocenters. The Balaban J connectivity index is 1.55. The van der Waals surface area contributed by atoms with Crippen LogP contribution in [0.1, 0.15) is 27.8 Å². The fourth-order valence-electron chi connectivity index (χ4n) is 2.49. The van der Waals surface area contributed by atoms with E-state index in [4.69, 9.17) is 33.0 Å². The van der Waals surface area contributed by atoms with Crippen LogP contribution in [0.15, 0.2) is 65.3 Å². The average molecular weight is 444 g/mol. The predicted octanol–water partition coefficient (Wildman–Crippen LogP) is 4.71. The fourth-order valence-corrected chi connectivity index (χ4v) is 2.94. The number of benzene rings is 2. The van der Waals surface area contributed by atoms with Gasteiger partial charge in [0.2, 0.25) is 0 Å². The Morgan fingerprint density at radius 3 is 2.33 bits per heavy atom. The third-order valence-corrected chi connectivity index (χ3v) is 4.37. The lowest BCUT2D eigenvalue weighted by atomic mass is 10.2. The molecule has 9 heteroatoms. The number of thiocarbonyl (C=S) groups is 1. The zero-order valence-corrected chi connectivity index (χ0v) is 17.5. The topological polar surface area (TPSA) is 92.6 Å². The molecular weight excluding hydrogens is 426 g/mol. The summed E-state index contributed by atoms with van der Waals surface area (Å²) >= 11 is 11.3. The number of amides is 2.